The van der Waals surface area contributed by atoms with Gasteiger partial charge in [0, 0.05) is 11.6 Å². The van der Waals surface area contributed by atoms with E-state index in [9.17, 15) is 10.1 Å². The van der Waals surface area contributed by atoms with E-state index in [1.54, 1.807) is 0 Å². The molecule has 106 valence electrons. The lowest BCUT2D eigenvalue weighted by atomic mass is 10.1. The molecule has 0 atom stereocenters. The second-order valence-corrected chi connectivity index (χ2v) is 3.89. The topological polar surface area (TPSA) is 61.6 Å². The highest BCUT2D eigenvalue weighted by Gasteiger charge is 2.12. The van der Waals surface area contributed by atoms with Gasteiger partial charge < -0.3 is 9.47 Å². The molecule has 20 heavy (non-hydrogen) atoms. The third-order valence-electron chi connectivity index (χ3n) is 2.53. The summed E-state index contributed by atoms with van der Waals surface area (Å²) in [6.45, 7) is 4.40. The van der Waals surface area contributed by atoms with Crippen LogP contribution in [0.15, 0.2) is 18.3 Å². The van der Waals surface area contributed by atoms with Gasteiger partial charge in [-0.2, -0.15) is 0 Å². The first kappa shape index (κ1) is 15.6. The highest BCUT2D eigenvalue weighted by Crippen LogP contribution is 2.34. The van der Waals surface area contributed by atoms with Crippen LogP contribution in [0, 0.1) is 22.5 Å². The lowest BCUT2D eigenvalue weighted by Crippen LogP contribution is -2.02. The van der Waals surface area contributed by atoms with Crippen molar-refractivity contribution in [3.8, 4) is 23.8 Å². The van der Waals surface area contributed by atoms with E-state index < -0.39 is 4.92 Å². The zero-order valence-electron chi connectivity index (χ0n) is 11.6. The third kappa shape index (κ3) is 4.32. The molecular formula is C15H17NO4. The molecule has 1 aromatic carbocycles. The van der Waals surface area contributed by atoms with Crippen molar-refractivity contribution >= 4 is 6.08 Å². The number of rotatable bonds is 7. The first-order chi connectivity index (χ1) is 9.62. The predicted octanol–water partition coefficient (Wildman–Crippen LogP) is 2.91. The minimum atomic E-state index is -0.524. The zero-order valence-corrected chi connectivity index (χ0v) is 11.6. The van der Waals surface area contributed by atoms with Crippen LogP contribution in [0.3, 0.4) is 0 Å². The van der Waals surface area contributed by atoms with Crippen molar-refractivity contribution < 1.29 is 14.4 Å². The summed E-state index contributed by atoms with van der Waals surface area (Å²) in [5.41, 5.74) is 1.59. The number of nitro groups is 1. The maximum absolute atomic E-state index is 10.5. The van der Waals surface area contributed by atoms with Gasteiger partial charge in [-0.15, -0.1) is 6.42 Å². The van der Waals surface area contributed by atoms with Gasteiger partial charge in [0.15, 0.2) is 11.5 Å². The fraction of sp³-hybridized carbons (Fsp3) is 0.333. The number of hydrogen-bond acceptors (Lipinski definition) is 4. The summed E-state index contributed by atoms with van der Waals surface area (Å²) in [7, 11) is 0. The van der Waals surface area contributed by atoms with E-state index in [-0.39, 0.29) is 6.61 Å². The highest BCUT2D eigenvalue weighted by molar-refractivity contribution is 5.63. The molecule has 0 heterocycles. The number of aryl methyl sites for hydroxylation is 1. The highest BCUT2D eigenvalue weighted by atomic mass is 16.6. The molecule has 5 heteroatoms. The van der Waals surface area contributed by atoms with Gasteiger partial charge in [0.05, 0.1) is 11.5 Å². The number of benzene rings is 1. The Bertz CT molecular complexity index is 544. The van der Waals surface area contributed by atoms with Crippen LogP contribution >= 0.6 is 0 Å². The summed E-state index contributed by atoms with van der Waals surface area (Å²) < 4.78 is 11.0. The molecule has 0 amide bonds. The van der Waals surface area contributed by atoms with Crippen LogP contribution in [0.1, 0.15) is 25.0 Å². The van der Waals surface area contributed by atoms with Gasteiger partial charge in [0.25, 0.3) is 0 Å². The molecular weight excluding hydrogens is 258 g/mol. The van der Waals surface area contributed by atoms with Crippen LogP contribution in [-0.4, -0.2) is 18.1 Å². The van der Waals surface area contributed by atoms with Crippen molar-refractivity contribution in [2.75, 3.05) is 13.2 Å². The van der Waals surface area contributed by atoms with Gasteiger partial charge in [-0.05, 0) is 31.0 Å². The molecule has 0 aliphatic carbocycles. The molecule has 5 nitrogen and oxygen atoms in total. The van der Waals surface area contributed by atoms with E-state index in [4.69, 9.17) is 15.9 Å². The van der Waals surface area contributed by atoms with E-state index >= 15 is 0 Å². The summed E-state index contributed by atoms with van der Waals surface area (Å²) in [5.74, 6) is 3.35. The van der Waals surface area contributed by atoms with Gasteiger partial charge in [0.1, 0.15) is 6.61 Å². The third-order valence-corrected chi connectivity index (χ3v) is 2.53. The van der Waals surface area contributed by atoms with Crippen LogP contribution in [-0.2, 0) is 6.42 Å². The maximum Gasteiger partial charge on any atom is 0.235 e. The Morgan fingerprint density at radius 3 is 2.70 bits per heavy atom. The van der Waals surface area contributed by atoms with Crippen molar-refractivity contribution in [1.82, 2.24) is 0 Å². The second-order valence-electron chi connectivity index (χ2n) is 3.89. The molecule has 0 N–H and O–H groups in total. The summed E-state index contributed by atoms with van der Waals surface area (Å²) in [5, 5.41) is 10.5. The van der Waals surface area contributed by atoms with Gasteiger partial charge in [-0.25, -0.2) is 0 Å². The summed E-state index contributed by atoms with van der Waals surface area (Å²) >= 11 is 0. The van der Waals surface area contributed by atoms with Gasteiger partial charge in [-0.1, -0.05) is 12.8 Å². The van der Waals surface area contributed by atoms with Gasteiger partial charge in [0.2, 0.25) is 6.20 Å². The number of ether oxygens (including phenoxy) is 2. The Morgan fingerprint density at radius 2 is 2.15 bits per heavy atom. The van der Waals surface area contributed by atoms with Crippen LogP contribution in [0.25, 0.3) is 6.08 Å². The standard InChI is InChI=1S/C15H17NO4/c1-4-9-20-15-13(7-8-16(17)18)10-12(5-2)11-14(15)19-6-3/h1,7-8,10-11H,5-6,9H2,2-3H3/b8-7+. The van der Waals surface area contributed by atoms with Crippen molar-refractivity contribution in [2.45, 2.75) is 20.3 Å². The van der Waals surface area contributed by atoms with Gasteiger partial charge in [-0.3, -0.25) is 10.1 Å². The summed E-state index contributed by atoms with van der Waals surface area (Å²) in [6.07, 6.45) is 8.22. The fourth-order valence-corrected chi connectivity index (χ4v) is 1.68. The predicted molar refractivity (Wildman–Crippen MR) is 77.3 cm³/mol. The lowest BCUT2D eigenvalue weighted by molar-refractivity contribution is -0.400. The maximum atomic E-state index is 10.5. The number of nitrogens with zero attached hydrogens (tertiary/aromatic N) is 1. The number of terminal acetylenes is 1. The second kappa shape index (κ2) is 7.85. The summed E-state index contributed by atoms with van der Waals surface area (Å²) in [4.78, 5) is 9.95. The molecule has 0 unspecified atom stereocenters. The molecule has 0 saturated heterocycles. The van der Waals surface area contributed by atoms with Crippen molar-refractivity contribution in [1.29, 1.82) is 0 Å². The van der Waals surface area contributed by atoms with Crippen molar-refractivity contribution in [3.05, 3.63) is 39.6 Å². The van der Waals surface area contributed by atoms with E-state index in [2.05, 4.69) is 5.92 Å². The smallest absolute Gasteiger partial charge is 0.235 e. The molecule has 0 aliphatic rings. The van der Waals surface area contributed by atoms with E-state index in [1.165, 1.54) is 6.08 Å². The minimum absolute atomic E-state index is 0.0743. The molecule has 0 bridgehead atoms. The van der Waals surface area contributed by atoms with Crippen molar-refractivity contribution in [3.63, 3.8) is 0 Å². The van der Waals surface area contributed by atoms with Crippen LogP contribution in [0.5, 0.6) is 11.5 Å². The molecule has 0 aromatic heterocycles. The molecule has 1 rings (SSSR count). The molecule has 1 aromatic rings. The molecule has 0 spiro atoms. The molecule has 0 aliphatic heterocycles. The van der Waals surface area contributed by atoms with Crippen LogP contribution in [0.4, 0.5) is 0 Å². The van der Waals surface area contributed by atoms with Crippen molar-refractivity contribution in [2.24, 2.45) is 0 Å². The Labute approximate surface area is 118 Å². The average molecular weight is 275 g/mol. The normalized spacial score (nSPS) is 10.2. The Hall–Kier alpha value is -2.48. The first-order valence-electron chi connectivity index (χ1n) is 6.30. The van der Waals surface area contributed by atoms with E-state index in [1.807, 2.05) is 26.0 Å². The lowest BCUT2D eigenvalue weighted by Gasteiger charge is -2.14. The van der Waals surface area contributed by atoms with Crippen LogP contribution < -0.4 is 9.47 Å². The Kier molecular flexibility index (Phi) is 6.11. The van der Waals surface area contributed by atoms with Gasteiger partial charge >= 0.3 is 0 Å². The summed E-state index contributed by atoms with van der Waals surface area (Å²) in [6, 6.07) is 3.69. The monoisotopic (exact) mass is 275 g/mol. The Morgan fingerprint density at radius 1 is 1.40 bits per heavy atom. The SMILES string of the molecule is C#CCOc1c(/C=C/[N+](=O)[O-])cc(CC)cc1OCC. The number of hydrogen-bond donors (Lipinski definition) is 0. The zero-order chi connectivity index (χ0) is 15.0. The largest absolute Gasteiger partial charge is 0.490 e. The minimum Gasteiger partial charge on any atom is -0.490 e. The Balaban J connectivity index is 3.30. The molecule has 0 saturated carbocycles. The average Bonchev–Trinajstić information content (AvgIpc) is 2.43. The van der Waals surface area contributed by atoms with E-state index in [0.717, 1.165) is 18.2 Å². The van der Waals surface area contributed by atoms with Crippen LogP contribution in [0.2, 0.25) is 0 Å². The molecule has 0 radical (unpaired) electrons. The fourth-order valence-electron chi connectivity index (χ4n) is 1.68. The first-order valence-corrected chi connectivity index (χ1v) is 6.30. The molecule has 0 fully saturated rings. The van der Waals surface area contributed by atoms with E-state index in [0.29, 0.717) is 23.7 Å². The quantitative estimate of drug-likeness (QED) is 0.436.